The predicted molar refractivity (Wildman–Crippen MR) is 35.2 cm³/mol. The van der Waals surface area contributed by atoms with E-state index in [4.69, 9.17) is 10.2 Å². The molecule has 0 spiro atoms. The Balaban J connectivity index is 2.47. The number of rotatable bonds is 2. The second kappa shape index (κ2) is 2.87. The van der Waals surface area contributed by atoms with Gasteiger partial charge in [0.15, 0.2) is 0 Å². The molecule has 0 aromatic carbocycles. The van der Waals surface area contributed by atoms with Gasteiger partial charge >= 0.3 is 11.9 Å². The Morgan fingerprint density at radius 2 is 1.91 bits per heavy atom. The Labute approximate surface area is 63.0 Å². The molecule has 0 aliphatic carbocycles. The molecule has 0 saturated carbocycles. The Hall–Kier alpha value is -1.10. The summed E-state index contributed by atoms with van der Waals surface area (Å²) in [5, 5.41) is 19.5. The summed E-state index contributed by atoms with van der Waals surface area (Å²) < 4.78 is 0. The highest BCUT2D eigenvalue weighted by Gasteiger charge is 2.32. The van der Waals surface area contributed by atoms with Crippen LogP contribution < -0.4 is 5.32 Å². The number of aliphatic carboxylic acids is 2. The quantitative estimate of drug-likeness (QED) is 0.487. The predicted octanol–water partition coefficient (Wildman–Crippen LogP) is -0.866. The van der Waals surface area contributed by atoms with E-state index in [1.165, 1.54) is 0 Å². The van der Waals surface area contributed by atoms with E-state index in [0.717, 1.165) is 0 Å². The van der Waals surface area contributed by atoms with Gasteiger partial charge in [-0.25, -0.2) is 0 Å². The van der Waals surface area contributed by atoms with Crippen LogP contribution in [0.25, 0.3) is 0 Å². The van der Waals surface area contributed by atoms with Gasteiger partial charge in [0.05, 0.1) is 5.92 Å². The molecule has 1 unspecified atom stereocenters. The van der Waals surface area contributed by atoms with Crippen LogP contribution in [0.3, 0.4) is 0 Å². The third-order valence-corrected chi connectivity index (χ3v) is 1.78. The first-order valence-corrected chi connectivity index (χ1v) is 3.30. The average molecular weight is 159 g/mol. The number of carbonyl (C=O) groups is 2. The Kier molecular flexibility index (Phi) is 2.09. The normalized spacial score (nSPS) is 30.2. The fraction of sp³-hybridized carbons (Fsp3) is 0.667. The lowest BCUT2D eigenvalue weighted by Gasteiger charge is -2.00. The van der Waals surface area contributed by atoms with Gasteiger partial charge in [0.25, 0.3) is 0 Å². The van der Waals surface area contributed by atoms with Crippen molar-refractivity contribution in [3.05, 3.63) is 0 Å². The van der Waals surface area contributed by atoms with Crippen molar-refractivity contribution >= 4 is 11.9 Å². The first kappa shape index (κ1) is 8.00. The molecule has 11 heavy (non-hydrogen) atoms. The number of hydrogen-bond acceptors (Lipinski definition) is 3. The smallest absolute Gasteiger partial charge is 0.320 e. The minimum absolute atomic E-state index is 0.185. The standard InChI is InChI=1S/C6H9NO4/c8-5(9)3-1-4(6(10)11)7-2-3/h3-4,7H,1-2H2,(H,8,9)(H,10,11)/t3?,4-/m0/s1. The van der Waals surface area contributed by atoms with Gasteiger partial charge in [0.1, 0.15) is 6.04 Å². The highest BCUT2D eigenvalue weighted by Crippen LogP contribution is 2.13. The lowest BCUT2D eigenvalue weighted by atomic mass is 10.1. The van der Waals surface area contributed by atoms with Crippen LogP contribution in [0.15, 0.2) is 0 Å². The third kappa shape index (κ3) is 1.68. The largest absolute Gasteiger partial charge is 0.481 e. The monoisotopic (exact) mass is 159 g/mol. The Morgan fingerprint density at radius 1 is 1.27 bits per heavy atom. The maximum atomic E-state index is 10.3. The van der Waals surface area contributed by atoms with Crippen LogP contribution in [0.4, 0.5) is 0 Å². The van der Waals surface area contributed by atoms with Gasteiger partial charge in [-0.3, -0.25) is 9.59 Å². The van der Waals surface area contributed by atoms with Gasteiger partial charge in [-0.15, -0.1) is 0 Å². The SMILES string of the molecule is O=C(O)C1CN[C@H](C(=O)O)C1. The topological polar surface area (TPSA) is 86.6 Å². The summed E-state index contributed by atoms with van der Waals surface area (Å²) in [6.07, 6.45) is 0.185. The molecule has 1 rings (SSSR count). The third-order valence-electron chi connectivity index (χ3n) is 1.78. The second-order valence-corrected chi connectivity index (χ2v) is 2.57. The molecule has 1 aliphatic rings. The molecule has 0 amide bonds. The average Bonchev–Trinajstić information content (AvgIpc) is 2.33. The highest BCUT2D eigenvalue weighted by molar-refractivity contribution is 5.77. The summed E-state index contributed by atoms with van der Waals surface area (Å²) in [5.74, 6) is -2.45. The molecule has 1 saturated heterocycles. The van der Waals surface area contributed by atoms with Crippen LogP contribution in [0.5, 0.6) is 0 Å². The van der Waals surface area contributed by atoms with Crippen LogP contribution in [0.1, 0.15) is 6.42 Å². The van der Waals surface area contributed by atoms with Gasteiger partial charge in [-0.2, -0.15) is 0 Å². The molecule has 5 heteroatoms. The van der Waals surface area contributed by atoms with Crippen molar-refractivity contribution in [2.75, 3.05) is 6.54 Å². The molecule has 1 fully saturated rings. The van der Waals surface area contributed by atoms with Gasteiger partial charge in [-0.1, -0.05) is 0 Å². The molecule has 0 bridgehead atoms. The van der Waals surface area contributed by atoms with E-state index < -0.39 is 23.9 Å². The molecule has 62 valence electrons. The van der Waals surface area contributed by atoms with E-state index in [-0.39, 0.29) is 13.0 Å². The minimum Gasteiger partial charge on any atom is -0.481 e. The zero-order chi connectivity index (χ0) is 8.43. The summed E-state index contributed by atoms with van der Waals surface area (Å²) in [7, 11) is 0. The molecule has 0 radical (unpaired) electrons. The van der Waals surface area contributed by atoms with Crippen molar-refractivity contribution in [2.45, 2.75) is 12.5 Å². The van der Waals surface area contributed by atoms with E-state index in [0.29, 0.717) is 0 Å². The molecule has 0 aromatic heterocycles. The van der Waals surface area contributed by atoms with E-state index >= 15 is 0 Å². The van der Waals surface area contributed by atoms with Gasteiger partial charge in [0.2, 0.25) is 0 Å². The molecule has 1 aliphatic heterocycles. The summed E-state index contributed by atoms with van der Waals surface area (Å²) in [5.41, 5.74) is 0. The number of hydrogen-bond donors (Lipinski definition) is 3. The second-order valence-electron chi connectivity index (χ2n) is 2.57. The van der Waals surface area contributed by atoms with Crippen molar-refractivity contribution in [1.82, 2.24) is 5.32 Å². The zero-order valence-corrected chi connectivity index (χ0v) is 5.78. The first-order valence-electron chi connectivity index (χ1n) is 3.30. The lowest BCUT2D eigenvalue weighted by molar-refractivity contribution is -0.141. The molecule has 3 N–H and O–H groups in total. The van der Waals surface area contributed by atoms with Crippen LogP contribution in [-0.2, 0) is 9.59 Å². The summed E-state index contributed by atoms with van der Waals surface area (Å²) in [6.45, 7) is 0.256. The Morgan fingerprint density at radius 3 is 2.18 bits per heavy atom. The summed E-state index contributed by atoms with van der Waals surface area (Å²) >= 11 is 0. The molecular formula is C6H9NO4. The molecule has 2 atom stereocenters. The maximum Gasteiger partial charge on any atom is 0.320 e. The fourth-order valence-electron chi connectivity index (χ4n) is 1.11. The zero-order valence-electron chi connectivity index (χ0n) is 5.78. The van der Waals surface area contributed by atoms with Crippen molar-refractivity contribution in [1.29, 1.82) is 0 Å². The van der Waals surface area contributed by atoms with E-state index in [1.807, 2.05) is 0 Å². The highest BCUT2D eigenvalue weighted by atomic mass is 16.4. The number of carboxylic acids is 2. The molecule has 1 heterocycles. The first-order chi connectivity index (χ1) is 5.11. The molecule has 5 nitrogen and oxygen atoms in total. The molecular weight excluding hydrogens is 150 g/mol. The van der Waals surface area contributed by atoms with Crippen LogP contribution in [0.2, 0.25) is 0 Å². The lowest BCUT2D eigenvalue weighted by Crippen LogP contribution is -2.29. The Bertz CT molecular complexity index is 171. The van der Waals surface area contributed by atoms with E-state index in [1.54, 1.807) is 0 Å². The van der Waals surface area contributed by atoms with E-state index in [2.05, 4.69) is 5.32 Å². The van der Waals surface area contributed by atoms with Crippen molar-refractivity contribution in [3.63, 3.8) is 0 Å². The number of nitrogens with one attached hydrogen (secondary N) is 1. The summed E-state index contributed by atoms with van der Waals surface area (Å²) in [4.78, 5) is 20.7. The van der Waals surface area contributed by atoms with Gasteiger partial charge < -0.3 is 15.5 Å². The van der Waals surface area contributed by atoms with Gasteiger partial charge in [-0.05, 0) is 6.42 Å². The van der Waals surface area contributed by atoms with Crippen LogP contribution in [-0.4, -0.2) is 34.7 Å². The van der Waals surface area contributed by atoms with Crippen molar-refractivity contribution in [3.8, 4) is 0 Å². The van der Waals surface area contributed by atoms with Gasteiger partial charge in [0, 0.05) is 6.54 Å². The van der Waals surface area contributed by atoms with Crippen molar-refractivity contribution < 1.29 is 19.8 Å². The number of carboxylic acid groups (broad SMARTS) is 2. The van der Waals surface area contributed by atoms with E-state index in [9.17, 15) is 9.59 Å². The molecule has 0 aromatic rings. The van der Waals surface area contributed by atoms with Crippen LogP contribution >= 0.6 is 0 Å². The fourth-order valence-corrected chi connectivity index (χ4v) is 1.11. The minimum atomic E-state index is -0.978. The van der Waals surface area contributed by atoms with Crippen LogP contribution in [0, 0.1) is 5.92 Å². The summed E-state index contributed by atoms with van der Waals surface area (Å²) in [6, 6.07) is -0.684. The van der Waals surface area contributed by atoms with Crippen molar-refractivity contribution in [2.24, 2.45) is 5.92 Å². The maximum absolute atomic E-state index is 10.3.